The number of hydrogen-bond donors (Lipinski definition) is 1. The van der Waals surface area contributed by atoms with Crippen molar-refractivity contribution in [3.8, 4) is 10.4 Å². The van der Waals surface area contributed by atoms with E-state index >= 15 is 0 Å². The van der Waals surface area contributed by atoms with Gasteiger partial charge in [0.2, 0.25) is 0 Å². The minimum atomic E-state index is 0.813. The van der Waals surface area contributed by atoms with E-state index in [0.29, 0.717) is 0 Å². The van der Waals surface area contributed by atoms with Gasteiger partial charge in [0.25, 0.3) is 0 Å². The van der Waals surface area contributed by atoms with Crippen LogP contribution in [0.3, 0.4) is 0 Å². The zero-order chi connectivity index (χ0) is 13.5. The molecule has 0 amide bonds. The lowest BCUT2D eigenvalue weighted by atomic mass is 10.1. The second-order valence-corrected chi connectivity index (χ2v) is 6.51. The molecular weight excluding hydrogens is 250 g/mol. The van der Waals surface area contributed by atoms with Crippen LogP contribution in [-0.4, -0.2) is 6.54 Å². The van der Waals surface area contributed by atoms with Gasteiger partial charge in [0, 0.05) is 16.3 Å². The smallest absolute Gasteiger partial charge is 0.0346 e. The molecule has 0 spiro atoms. The molecule has 0 atom stereocenters. The maximum atomic E-state index is 3.53. The molecule has 0 aliphatic carbocycles. The lowest BCUT2D eigenvalue weighted by Gasteiger charge is -2.05. The highest BCUT2D eigenvalue weighted by Gasteiger charge is 2.02. The maximum absolute atomic E-state index is 3.53. The second-order valence-electron chi connectivity index (χ2n) is 5.34. The molecule has 1 N–H and O–H groups in total. The molecule has 19 heavy (non-hydrogen) atoms. The van der Waals surface area contributed by atoms with Crippen LogP contribution in [0.4, 0.5) is 0 Å². The molecule has 0 aliphatic heterocycles. The van der Waals surface area contributed by atoms with Crippen molar-refractivity contribution >= 4 is 11.3 Å². The molecule has 102 valence electrons. The first-order valence-electron chi connectivity index (χ1n) is 7.10. The fourth-order valence-corrected chi connectivity index (χ4v) is 3.06. The molecule has 1 aromatic heterocycles. The third kappa shape index (κ3) is 4.81. The average molecular weight is 273 g/mol. The molecule has 2 aromatic rings. The summed E-state index contributed by atoms with van der Waals surface area (Å²) in [6.45, 7) is 6.68. The Kier molecular flexibility index (Phi) is 5.62. The summed E-state index contributed by atoms with van der Waals surface area (Å²) in [6, 6.07) is 15.1. The molecule has 1 heterocycles. The van der Waals surface area contributed by atoms with Crippen molar-refractivity contribution in [3.63, 3.8) is 0 Å². The van der Waals surface area contributed by atoms with Gasteiger partial charge in [-0.3, -0.25) is 0 Å². The van der Waals surface area contributed by atoms with Crippen molar-refractivity contribution in [1.29, 1.82) is 0 Å². The van der Waals surface area contributed by atoms with Crippen LogP contribution in [0.25, 0.3) is 10.4 Å². The van der Waals surface area contributed by atoms with Gasteiger partial charge in [-0.15, -0.1) is 11.3 Å². The molecule has 0 saturated carbocycles. The van der Waals surface area contributed by atoms with Gasteiger partial charge in [0.05, 0.1) is 0 Å². The summed E-state index contributed by atoms with van der Waals surface area (Å²) in [5, 5.41) is 3.53. The predicted molar refractivity (Wildman–Crippen MR) is 85.5 cm³/mol. The lowest BCUT2D eigenvalue weighted by Crippen LogP contribution is -2.14. The zero-order valence-corrected chi connectivity index (χ0v) is 12.7. The van der Waals surface area contributed by atoms with E-state index in [2.05, 4.69) is 61.6 Å². The van der Waals surface area contributed by atoms with Crippen LogP contribution in [0.2, 0.25) is 0 Å². The largest absolute Gasteiger partial charge is 0.312 e. The van der Waals surface area contributed by atoms with Crippen LogP contribution < -0.4 is 5.32 Å². The van der Waals surface area contributed by atoms with E-state index in [-0.39, 0.29) is 0 Å². The standard InChI is InChI=1S/C17H23NS/c1-14(2)7-6-12-18-13-16-10-11-17(19-16)15-8-4-3-5-9-15/h3-5,8-11,14,18H,6-7,12-13H2,1-2H3. The van der Waals surface area contributed by atoms with E-state index in [1.54, 1.807) is 0 Å². The minimum Gasteiger partial charge on any atom is -0.312 e. The fourth-order valence-electron chi connectivity index (χ4n) is 2.08. The van der Waals surface area contributed by atoms with Crippen molar-refractivity contribution in [2.24, 2.45) is 5.92 Å². The van der Waals surface area contributed by atoms with Crippen LogP contribution in [0.5, 0.6) is 0 Å². The topological polar surface area (TPSA) is 12.0 Å². The first-order chi connectivity index (χ1) is 9.25. The van der Waals surface area contributed by atoms with Crippen molar-refractivity contribution in [3.05, 3.63) is 47.3 Å². The summed E-state index contributed by atoms with van der Waals surface area (Å²) in [6.07, 6.45) is 2.58. The Labute approximate surface area is 120 Å². The Morgan fingerprint density at radius 1 is 1.05 bits per heavy atom. The summed E-state index contributed by atoms with van der Waals surface area (Å²) in [4.78, 5) is 2.78. The Morgan fingerprint density at radius 2 is 1.84 bits per heavy atom. The summed E-state index contributed by atoms with van der Waals surface area (Å²) in [5.74, 6) is 0.813. The van der Waals surface area contributed by atoms with Crippen molar-refractivity contribution in [2.75, 3.05) is 6.54 Å². The van der Waals surface area contributed by atoms with E-state index in [1.807, 2.05) is 11.3 Å². The van der Waals surface area contributed by atoms with Gasteiger partial charge in [0.15, 0.2) is 0 Å². The van der Waals surface area contributed by atoms with E-state index in [0.717, 1.165) is 19.0 Å². The zero-order valence-electron chi connectivity index (χ0n) is 11.9. The van der Waals surface area contributed by atoms with Crippen molar-refractivity contribution in [2.45, 2.75) is 33.2 Å². The molecule has 0 radical (unpaired) electrons. The van der Waals surface area contributed by atoms with Crippen LogP contribution in [0, 0.1) is 5.92 Å². The number of nitrogens with one attached hydrogen (secondary N) is 1. The highest BCUT2D eigenvalue weighted by Crippen LogP contribution is 2.27. The Morgan fingerprint density at radius 3 is 2.58 bits per heavy atom. The lowest BCUT2D eigenvalue weighted by molar-refractivity contribution is 0.528. The fraction of sp³-hybridized carbons (Fsp3) is 0.412. The molecular formula is C17H23NS. The van der Waals surface area contributed by atoms with E-state index in [4.69, 9.17) is 0 Å². The molecule has 1 nitrogen and oxygen atoms in total. The minimum absolute atomic E-state index is 0.813. The first-order valence-corrected chi connectivity index (χ1v) is 7.92. The van der Waals surface area contributed by atoms with Crippen LogP contribution in [0.1, 0.15) is 31.6 Å². The highest BCUT2D eigenvalue weighted by molar-refractivity contribution is 7.15. The van der Waals surface area contributed by atoms with Gasteiger partial charge >= 0.3 is 0 Å². The van der Waals surface area contributed by atoms with Crippen LogP contribution in [0.15, 0.2) is 42.5 Å². The van der Waals surface area contributed by atoms with Crippen molar-refractivity contribution < 1.29 is 0 Å². The third-order valence-electron chi connectivity index (χ3n) is 3.15. The van der Waals surface area contributed by atoms with E-state index in [1.165, 1.54) is 28.2 Å². The van der Waals surface area contributed by atoms with Crippen LogP contribution in [-0.2, 0) is 6.54 Å². The quantitative estimate of drug-likeness (QED) is 0.704. The SMILES string of the molecule is CC(C)CCCNCc1ccc(-c2ccccc2)s1. The molecule has 2 rings (SSSR count). The molecule has 1 aromatic carbocycles. The highest BCUT2D eigenvalue weighted by atomic mass is 32.1. The number of benzene rings is 1. The van der Waals surface area contributed by atoms with E-state index in [9.17, 15) is 0 Å². The number of thiophene rings is 1. The van der Waals surface area contributed by atoms with Crippen LogP contribution >= 0.6 is 11.3 Å². The average Bonchev–Trinajstić information content (AvgIpc) is 2.88. The molecule has 2 heteroatoms. The van der Waals surface area contributed by atoms with Gasteiger partial charge < -0.3 is 5.32 Å². The summed E-state index contributed by atoms with van der Waals surface area (Å²) >= 11 is 1.89. The van der Waals surface area contributed by atoms with Gasteiger partial charge in [-0.2, -0.15) is 0 Å². The van der Waals surface area contributed by atoms with E-state index < -0.39 is 0 Å². The predicted octanol–water partition coefficient (Wildman–Crippen LogP) is 4.94. The molecule has 0 saturated heterocycles. The Hall–Kier alpha value is -1.12. The van der Waals surface area contributed by atoms with Crippen molar-refractivity contribution in [1.82, 2.24) is 5.32 Å². The molecule has 0 unspecified atom stereocenters. The first kappa shape index (κ1) is 14.3. The van der Waals surface area contributed by atoms with Gasteiger partial charge in [0.1, 0.15) is 0 Å². The summed E-state index contributed by atoms with van der Waals surface area (Å²) in [7, 11) is 0. The number of rotatable bonds is 7. The molecule has 0 aliphatic rings. The molecule has 0 bridgehead atoms. The van der Waals surface area contributed by atoms with Gasteiger partial charge in [-0.1, -0.05) is 44.2 Å². The summed E-state index contributed by atoms with van der Waals surface area (Å²) < 4.78 is 0. The summed E-state index contributed by atoms with van der Waals surface area (Å²) in [5.41, 5.74) is 1.32. The third-order valence-corrected chi connectivity index (χ3v) is 4.29. The molecule has 0 fully saturated rings. The Bertz CT molecular complexity index is 473. The van der Waals surface area contributed by atoms with Gasteiger partial charge in [-0.05, 0) is 43.0 Å². The monoisotopic (exact) mass is 273 g/mol. The number of hydrogen-bond acceptors (Lipinski definition) is 2. The van der Waals surface area contributed by atoms with Gasteiger partial charge in [-0.25, -0.2) is 0 Å². The Balaban J connectivity index is 1.78. The normalized spacial score (nSPS) is 11.1. The second kappa shape index (κ2) is 7.46. The maximum Gasteiger partial charge on any atom is 0.0346 e.